The van der Waals surface area contributed by atoms with E-state index < -0.39 is 0 Å². The Bertz CT molecular complexity index is 770. The number of halogens is 1. The summed E-state index contributed by atoms with van der Waals surface area (Å²) in [7, 11) is 1.72. The highest BCUT2D eigenvalue weighted by molar-refractivity contribution is 6.03. The van der Waals surface area contributed by atoms with E-state index >= 15 is 0 Å². The first-order chi connectivity index (χ1) is 11.6. The van der Waals surface area contributed by atoms with E-state index in [1.165, 1.54) is 11.1 Å². The molecule has 0 fully saturated rings. The molecule has 1 aliphatic heterocycles. The Hall–Kier alpha value is -2.53. The lowest BCUT2D eigenvalue weighted by molar-refractivity contribution is -0.131. The van der Waals surface area contributed by atoms with Crippen molar-refractivity contribution in [1.82, 2.24) is 10.3 Å². The molecule has 1 heterocycles. The number of carbonyl (C=O) groups excluding carboxylic acids is 1. The minimum atomic E-state index is -0.318. The normalized spacial score (nSPS) is 17.0. The number of amides is 1. The number of nitrogens with one attached hydrogen (secondary N) is 1. The van der Waals surface area contributed by atoms with Gasteiger partial charge in [0.1, 0.15) is 5.82 Å². The van der Waals surface area contributed by atoms with Gasteiger partial charge in [0.25, 0.3) is 5.91 Å². The zero-order valence-electron chi connectivity index (χ0n) is 13.8. The van der Waals surface area contributed by atoms with Gasteiger partial charge in [-0.25, -0.2) is 9.40 Å². The first kappa shape index (κ1) is 16.3. The van der Waals surface area contributed by atoms with Gasteiger partial charge in [-0.1, -0.05) is 48.0 Å². The van der Waals surface area contributed by atoms with Crippen LogP contribution in [0, 0.1) is 12.7 Å². The molecule has 0 radical (unpaired) electrons. The maximum atomic E-state index is 14.1. The molecule has 1 atom stereocenters. The van der Waals surface area contributed by atoms with Crippen molar-refractivity contribution in [2.24, 2.45) is 5.10 Å². The molecule has 1 unspecified atom stereocenters. The van der Waals surface area contributed by atoms with Crippen LogP contribution < -0.4 is 5.32 Å². The van der Waals surface area contributed by atoms with Crippen molar-refractivity contribution in [2.45, 2.75) is 19.4 Å². The summed E-state index contributed by atoms with van der Waals surface area (Å²) in [6.07, 6.45) is 0.499. The first-order valence-electron chi connectivity index (χ1n) is 7.95. The van der Waals surface area contributed by atoms with Crippen LogP contribution in [-0.2, 0) is 4.79 Å². The summed E-state index contributed by atoms with van der Waals surface area (Å²) in [5.74, 6) is -0.448. The predicted octanol–water partition coefficient (Wildman–Crippen LogP) is 3.03. The SMILES string of the molecule is CNCC(=O)N1N=C(c2ccccc2F)CC1c1ccc(C)cc1. The highest BCUT2D eigenvalue weighted by Crippen LogP contribution is 2.33. The summed E-state index contributed by atoms with van der Waals surface area (Å²) >= 11 is 0. The fourth-order valence-corrected chi connectivity index (χ4v) is 2.88. The number of likely N-dealkylation sites (N-methyl/N-ethyl adjacent to an activating group) is 1. The lowest BCUT2D eigenvalue weighted by Crippen LogP contribution is -2.34. The van der Waals surface area contributed by atoms with Gasteiger partial charge in [-0.3, -0.25) is 4.79 Å². The van der Waals surface area contributed by atoms with Gasteiger partial charge in [0.2, 0.25) is 0 Å². The molecule has 1 aliphatic rings. The second kappa shape index (κ2) is 6.93. The average molecular weight is 325 g/mol. The van der Waals surface area contributed by atoms with Gasteiger partial charge in [0, 0.05) is 12.0 Å². The van der Waals surface area contributed by atoms with E-state index in [2.05, 4.69) is 10.4 Å². The Kier molecular flexibility index (Phi) is 4.71. The molecule has 124 valence electrons. The number of nitrogens with zero attached hydrogens (tertiary/aromatic N) is 2. The van der Waals surface area contributed by atoms with E-state index in [0.29, 0.717) is 17.7 Å². The fourth-order valence-electron chi connectivity index (χ4n) is 2.88. The van der Waals surface area contributed by atoms with E-state index in [9.17, 15) is 9.18 Å². The van der Waals surface area contributed by atoms with Gasteiger partial charge in [0.05, 0.1) is 18.3 Å². The van der Waals surface area contributed by atoms with Gasteiger partial charge in [0.15, 0.2) is 0 Å². The molecule has 2 aromatic carbocycles. The zero-order chi connectivity index (χ0) is 17.1. The molecule has 2 aromatic rings. The number of hydrazone groups is 1. The summed E-state index contributed by atoms with van der Waals surface area (Å²) in [5, 5.41) is 8.77. The molecular weight excluding hydrogens is 305 g/mol. The molecule has 1 N–H and O–H groups in total. The van der Waals surface area contributed by atoms with Crippen LogP contribution in [0.25, 0.3) is 0 Å². The second-order valence-electron chi connectivity index (χ2n) is 5.93. The Morgan fingerprint density at radius 1 is 1.25 bits per heavy atom. The van der Waals surface area contributed by atoms with Gasteiger partial charge < -0.3 is 5.32 Å². The minimum Gasteiger partial charge on any atom is -0.311 e. The molecule has 4 nitrogen and oxygen atoms in total. The summed E-state index contributed by atoms with van der Waals surface area (Å²) in [6, 6.07) is 14.4. The smallest absolute Gasteiger partial charge is 0.257 e. The van der Waals surface area contributed by atoms with E-state index in [1.807, 2.05) is 31.2 Å². The monoisotopic (exact) mass is 325 g/mol. The lowest BCUT2D eigenvalue weighted by Gasteiger charge is -2.22. The quantitative estimate of drug-likeness (QED) is 0.939. The number of rotatable bonds is 4. The molecule has 0 aliphatic carbocycles. The zero-order valence-corrected chi connectivity index (χ0v) is 13.8. The Morgan fingerprint density at radius 3 is 2.62 bits per heavy atom. The van der Waals surface area contributed by atoms with Crippen molar-refractivity contribution in [2.75, 3.05) is 13.6 Å². The van der Waals surface area contributed by atoms with Crippen LogP contribution >= 0.6 is 0 Å². The van der Waals surface area contributed by atoms with Crippen molar-refractivity contribution >= 4 is 11.6 Å². The van der Waals surface area contributed by atoms with E-state index in [0.717, 1.165) is 11.1 Å². The molecular formula is C19H20FN3O. The van der Waals surface area contributed by atoms with Crippen molar-refractivity contribution in [3.05, 3.63) is 71.0 Å². The van der Waals surface area contributed by atoms with Gasteiger partial charge >= 0.3 is 0 Å². The number of aryl methyl sites for hydroxylation is 1. The second-order valence-corrected chi connectivity index (χ2v) is 5.93. The molecule has 0 saturated carbocycles. The Morgan fingerprint density at radius 2 is 1.96 bits per heavy atom. The van der Waals surface area contributed by atoms with Crippen molar-refractivity contribution in [1.29, 1.82) is 0 Å². The molecule has 1 amide bonds. The number of hydrogen-bond acceptors (Lipinski definition) is 3. The Labute approximate surface area is 141 Å². The molecule has 5 heteroatoms. The highest BCUT2D eigenvalue weighted by Gasteiger charge is 2.33. The third-order valence-corrected chi connectivity index (χ3v) is 4.14. The van der Waals surface area contributed by atoms with Crippen molar-refractivity contribution < 1.29 is 9.18 Å². The van der Waals surface area contributed by atoms with E-state index in [-0.39, 0.29) is 24.3 Å². The van der Waals surface area contributed by atoms with Gasteiger partial charge in [-0.2, -0.15) is 5.10 Å². The third kappa shape index (κ3) is 3.21. The third-order valence-electron chi connectivity index (χ3n) is 4.14. The maximum absolute atomic E-state index is 14.1. The average Bonchev–Trinajstić information content (AvgIpc) is 3.01. The number of hydrogen-bond donors (Lipinski definition) is 1. The number of benzene rings is 2. The molecule has 0 bridgehead atoms. The van der Waals surface area contributed by atoms with Crippen LogP contribution in [-0.4, -0.2) is 30.2 Å². The predicted molar refractivity (Wildman–Crippen MR) is 92.2 cm³/mol. The molecule has 24 heavy (non-hydrogen) atoms. The molecule has 0 spiro atoms. The summed E-state index contributed by atoms with van der Waals surface area (Å²) in [5.41, 5.74) is 3.21. The summed E-state index contributed by atoms with van der Waals surface area (Å²) in [4.78, 5) is 12.4. The van der Waals surface area contributed by atoms with Crippen molar-refractivity contribution in [3.8, 4) is 0 Å². The van der Waals surface area contributed by atoms with E-state index in [1.54, 1.807) is 25.2 Å². The van der Waals surface area contributed by atoms with Gasteiger partial charge in [-0.05, 0) is 25.6 Å². The van der Waals surface area contributed by atoms with Crippen LogP contribution in [0.3, 0.4) is 0 Å². The van der Waals surface area contributed by atoms with Crippen molar-refractivity contribution in [3.63, 3.8) is 0 Å². The van der Waals surface area contributed by atoms with Crippen LogP contribution in [0.2, 0.25) is 0 Å². The largest absolute Gasteiger partial charge is 0.311 e. The van der Waals surface area contributed by atoms with Crippen LogP contribution in [0.5, 0.6) is 0 Å². The fraction of sp³-hybridized carbons (Fsp3) is 0.263. The first-order valence-corrected chi connectivity index (χ1v) is 7.95. The molecule has 3 rings (SSSR count). The molecule has 0 aromatic heterocycles. The highest BCUT2D eigenvalue weighted by atomic mass is 19.1. The minimum absolute atomic E-state index is 0.130. The van der Waals surface area contributed by atoms with Crippen LogP contribution in [0.4, 0.5) is 4.39 Å². The van der Waals surface area contributed by atoms with Gasteiger partial charge in [-0.15, -0.1) is 0 Å². The summed E-state index contributed by atoms with van der Waals surface area (Å²) < 4.78 is 14.1. The standard InChI is InChI=1S/C19H20FN3O/c1-13-7-9-14(10-8-13)18-11-17(15-5-3-4-6-16(15)20)22-23(18)19(24)12-21-2/h3-10,18,21H,11-12H2,1-2H3. The van der Waals surface area contributed by atoms with Crippen LogP contribution in [0.15, 0.2) is 53.6 Å². The van der Waals surface area contributed by atoms with Crippen LogP contribution in [0.1, 0.15) is 29.2 Å². The lowest BCUT2D eigenvalue weighted by atomic mass is 9.97. The topological polar surface area (TPSA) is 44.7 Å². The number of carbonyl (C=O) groups is 1. The maximum Gasteiger partial charge on any atom is 0.257 e. The molecule has 0 saturated heterocycles. The Balaban J connectivity index is 1.96. The van der Waals surface area contributed by atoms with E-state index in [4.69, 9.17) is 0 Å². The summed E-state index contributed by atoms with van der Waals surface area (Å²) in [6.45, 7) is 2.21.